The summed E-state index contributed by atoms with van der Waals surface area (Å²) in [5, 5.41) is 11.6. The fourth-order valence-electron chi connectivity index (χ4n) is 2.05. The number of amides is 1. The number of carbonyl (C=O) groups excluding carboxylic acids is 1. The molecule has 0 radical (unpaired) electrons. The molecular weight excluding hydrogens is 236 g/mol. The van der Waals surface area contributed by atoms with Gasteiger partial charge in [-0.05, 0) is 33.7 Å². The normalized spacial score (nSPS) is 23.6. The molecule has 0 aromatic carbocycles. The van der Waals surface area contributed by atoms with Crippen molar-refractivity contribution in [2.45, 2.75) is 44.9 Å². The molecule has 0 aromatic rings. The maximum Gasteiger partial charge on any atom is 0.332 e. The van der Waals surface area contributed by atoms with E-state index in [-0.39, 0.29) is 18.1 Å². The molecule has 104 valence electrons. The molecule has 2 unspecified atom stereocenters. The molecule has 1 heterocycles. The first-order valence-corrected chi connectivity index (χ1v) is 6.24. The Morgan fingerprint density at radius 2 is 2.11 bits per heavy atom. The van der Waals surface area contributed by atoms with Gasteiger partial charge < -0.3 is 15.2 Å². The third kappa shape index (κ3) is 5.01. The van der Waals surface area contributed by atoms with Crippen LogP contribution in [0.1, 0.15) is 26.7 Å². The van der Waals surface area contributed by atoms with Gasteiger partial charge in [-0.25, -0.2) is 4.79 Å². The minimum absolute atomic E-state index is 0.0275. The number of nitrogens with zero attached hydrogens (tertiary/aromatic N) is 1. The van der Waals surface area contributed by atoms with Crippen LogP contribution in [0.15, 0.2) is 0 Å². The molecule has 6 heteroatoms. The Hall–Kier alpha value is -1.14. The highest BCUT2D eigenvalue weighted by Gasteiger charge is 2.31. The lowest BCUT2D eigenvalue weighted by Gasteiger charge is -2.21. The lowest BCUT2D eigenvalue weighted by molar-refractivity contribution is -0.149. The first-order chi connectivity index (χ1) is 8.38. The van der Waals surface area contributed by atoms with Crippen LogP contribution in [-0.2, 0) is 14.3 Å². The van der Waals surface area contributed by atoms with Crippen LogP contribution in [0.4, 0.5) is 0 Å². The van der Waals surface area contributed by atoms with E-state index in [2.05, 4.69) is 5.32 Å². The number of nitrogens with one attached hydrogen (secondary N) is 1. The predicted octanol–water partition coefficient (Wildman–Crippen LogP) is 0.0750. The molecule has 1 saturated heterocycles. The first-order valence-electron chi connectivity index (χ1n) is 6.24. The monoisotopic (exact) mass is 258 g/mol. The molecule has 2 N–H and O–H groups in total. The number of likely N-dealkylation sites (N-methyl/N-ethyl adjacent to an activating group) is 1. The van der Waals surface area contributed by atoms with Crippen LogP contribution in [0, 0.1) is 0 Å². The van der Waals surface area contributed by atoms with Crippen LogP contribution in [0.5, 0.6) is 0 Å². The molecule has 0 aromatic heterocycles. The van der Waals surface area contributed by atoms with Crippen molar-refractivity contribution in [3.05, 3.63) is 0 Å². The number of aliphatic carboxylic acids is 1. The van der Waals surface area contributed by atoms with Gasteiger partial charge in [0.25, 0.3) is 0 Å². The number of carboxylic acid groups (broad SMARTS) is 1. The van der Waals surface area contributed by atoms with Crippen molar-refractivity contribution in [1.29, 1.82) is 0 Å². The summed E-state index contributed by atoms with van der Waals surface area (Å²) >= 11 is 0. The molecule has 1 aliphatic heterocycles. The van der Waals surface area contributed by atoms with E-state index < -0.39 is 12.1 Å². The average Bonchev–Trinajstić information content (AvgIpc) is 2.63. The van der Waals surface area contributed by atoms with Gasteiger partial charge >= 0.3 is 5.97 Å². The molecule has 0 aliphatic carbocycles. The van der Waals surface area contributed by atoms with Gasteiger partial charge in [0.1, 0.15) is 0 Å². The SMILES string of the molecule is CC(C)NC(=O)CN(C)CC1CCC(C(=O)O)O1. The highest BCUT2D eigenvalue weighted by atomic mass is 16.5. The van der Waals surface area contributed by atoms with E-state index in [1.54, 1.807) is 0 Å². The molecule has 18 heavy (non-hydrogen) atoms. The lowest BCUT2D eigenvalue weighted by Crippen LogP contribution is -2.41. The fourth-order valence-corrected chi connectivity index (χ4v) is 2.05. The zero-order chi connectivity index (χ0) is 13.7. The molecular formula is C12H22N2O4. The van der Waals surface area contributed by atoms with Gasteiger partial charge in [0.05, 0.1) is 12.6 Å². The summed E-state index contributed by atoms with van der Waals surface area (Å²) < 4.78 is 5.38. The van der Waals surface area contributed by atoms with E-state index in [4.69, 9.17) is 9.84 Å². The van der Waals surface area contributed by atoms with Gasteiger partial charge in [0, 0.05) is 12.6 Å². The summed E-state index contributed by atoms with van der Waals surface area (Å²) in [6.07, 6.45) is 0.495. The van der Waals surface area contributed by atoms with Crippen molar-refractivity contribution in [3.8, 4) is 0 Å². The third-order valence-electron chi connectivity index (χ3n) is 2.76. The number of rotatable bonds is 6. The molecule has 0 spiro atoms. The second-order valence-electron chi connectivity index (χ2n) is 5.08. The summed E-state index contributed by atoms with van der Waals surface area (Å²) in [6, 6.07) is 0.130. The maximum atomic E-state index is 11.5. The summed E-state index contributed by atoms with van der Waals surface area (Å²) in [5.74, 6) is -0.932. The highest BCUT2D eigenvalue weighted by Crippen LogP contribution is 2.20. The van der Waals surface area contributed by atoms with Gasteiger partial charge in [-0.1, -0.05) is 0 Å². The second-order valence-corrected chi connectivity index (χ2v) is 5.08. The van der Waals surface area contributed by atoms with Crippen LogP contribution in [0.25, 0.3) is 0 Å². The van der Waals surface area contributed by atoms with Gasteiger partial charge in [0.2, 0.25) is 5.91 Å². The molecule has 1 rings (SSSR count). The first kappa shape index (κ1) is 14.9. The Morgan fingerprint density at radius 3 is 2.61 bits per heavy atom. The van der Waals surface area contributed by atoms with Gasteiger partial charge in [-0.2, -0.15) is 0 Å². The fraction of sp³-hybridized carbons (Fsp3) is 0.833. The Labute approximate surface area is 107 Å². The Morgan fingerprint density at radius 1 is 1.44 bits per heavy atom. The van der Waals surface area contributed by atoms with E-state index in [1.165, 1.54) is 0 Å². The maximum absolute atomic E-state index is 11.5. The third-order valence-corrected chi connectivity index (χ3v) is 2.76. The Bertz CT molecular complexity index is 306. The number of hydrogen-bond donors (Lipinski definition) is 2. The number of hydrogen-bond acceptors (Lipinski definition) is 4. The molecule has 1 aliphatic rings. The van der Waals surface area contributed by atoms with Crippen LogP contribution >= 0.6 is 0 Å². The van der Waals surface area contributed by atoms with Crippen molar-refractivity contribution in [2.24, 2.45) is 0 Å². The average molecular weight is 258 g/mol. The zero-order valence-corrected chi connectivity index (χ0v) is 11.2. The molecule has 2 atom stereocenters. The summed E-state index contributed by atoms with van der Waals surface area (Å²) in [4.78, 5) is 24.1. The van der Waals surface area contributed by atoms with Crippen molar-refractivity contribution in [2.75, 3.05) is 20.1 Å². The predicted molar refractivity (Wildman–Crippen MR) is 66.3 cm³/mol. The van der Waals surface area contributed by atoms with Gasteiger partial charge in [-0.15, -0.1) is 0 Å². The van der Waals surface area contributed by atoms with E-state index in [1.807, 2.05) is 25.8 Å². The van der Waals surface area contributed by atoms with Crippen LogP contribution in [0.2, 0.25) is 0 Å². The Balaban J connectivity index is 2.27. The number of carboxylic acids is 1. The summed E-state index contributed by atoms with van der Waals surface area (Å²) in [6.45, 7) is 4.70. The molecule has 6 nitrogen and oxygen atoms in total. The number of carbonyl (C=O) groups is 2. The quantitative estimate of drug-likeness (QED) is 0.705. The van der Waals surface area contributed by atoms with Crippen LogP contribution in [0.3, 0.4) is 0 Å². The molecule has 0 bridgehead atoms. The van der Waals surface area contributed by atoms with Gasteiger partial charge in [0.15, 0.2) is 6.10 Å². The highest BCUT2D eigenvalue weighted by molar-refractivity contribution is 5.78. The van der Waals surface area contributed by atoms with E-state index in [0.29, 0.717) is 19.5 Å². The van der Waals surface area contributed by atoms with Gasteiger partial charge in [-0.3, -0.25) is 9.69 Å². The van der Waals surface area contributed by atoms with E-state index in [9.17, 15) is 9.59 Å². The topological polar surface area (TPSA) is 78.9 Å². The molecule has 1 amide bonds. The van der Waals surface area contributed by atoms with Crippen molar-refractivity contribution < 1.29 is 19.4 Å². The minimum Gasteiger partial charge on any atom is -0.479 e. The summed E-state index contributed by atoms with van der Waals surface area (Å²) in [5.41, 5.74) is 0. The largest absolute Gasteiger partial charge is 0.479 e. The van der Waals surface area contributed by atoms with Crippen molar-refractivity contribution in [1.82, 2.24) is 10.2 Å². The molecule has 0 saturated carbocycles. The van der Waals surface area contributed by atoms with Crippen LogP contribution in [-0.4, -0.2) is 60.3 Å². The lowest BCUT2D eigenvalue weighted by atomic mass is 10.2. The Kier molecular flexibility index (Phi) is 5.55. The summed E-state index contributed by atoms with van der Waals surface area (Å²) in [7, 11) is 1.83. The number of ether oxygens (including phenoxy) is 1. The van der Waals surface area contributed by atoms with Crippen LogP contribution < -0.4 is 5.32 Å². The molecule has 1 fully saturated rings. The van der Waals surface area contributed by atoms with Crippen molar-refractivity contribution in [3.63, 3.8) is 0 Å². The smallest absolute Gasteiger partial charge is 0.332 e. The zero-order valence-electron chi connectivity index (χ0n) is 11.2. The standard InChI is InChI=1S/C12H22N2O4/c1-8(2)13-11(15)7-14(3)6-9-4-5-10(18-9)12(16)17/h8-10H,4-7H2,1-3H3,(H,13,15)(H,16,17). The minimum atomic E-state index is -0.905. The second kappa shape index (κ2) is 6.70. The van der Waals surface area contributed by atoms with E-state index >= 15 is 0 Å². The van der Waals surface area contributed by atoms with E-state index in [0.717, 1.165) is 6.42 Å². The van der Waals surface area contributed by atoms with Crippen molar-refractivity contribution >= 4 is 11.9 Å².